The van der Waals surface area contributed by atoms with E-state index >= 15 is 0 Å². The summed E-state index contributed by atoms with van der Waals surface area (Å²) in [5.41, 5.74) is 16.5. The standard InChI is InChI=1S/C12H20N4O3/c1-2-8(13)12(9-4-3-5-19-9)16(6-10(14)17)7-11(15)18/h3-5,8,12H,2,6-7,13H2,1H3,(H2,14,17)(H2,15,18). The van der Waals surface area contributed by atoms with Crippen LogP contribution >= 0.6 is 0 Å². The van der Waals surface area contributed by atoms with Crippen LogP contribution in [-0.2, 0) is 9.59 Å². The quantitative estimate of drug-likeness (QED) is 0.576. The predicted molar refractivity (Wildman–Crippen MR) is 69.7 cm³/mol. The molecule has 0 saturated carbocycles. The highest BCUT2D eigenvalue weighted by Crippen LogP contribution is 2.25. The molecule has 1 rings (SSSR count). The highest BCUT2D eigenvalue weighted by atomic mass is 16.3. The molecule has 7 nitrogen and oxygen atoms in total. The first kappa shape index (κ1) is 15.2. The maximum Gasteiger partial charge on any atom is 0.231 e. The van der Waals surface area contributed by atoms with Crippen molar-refractivity contribution in [1.29, 1.82) is 0 Å². The Hall–Kier alpha value is -1.86. The number of carbonyl (C=O) groups excluding carboxylic acids is 2. The normalized spacial score (nSPS) is 14.3. The van der Waals surface area contributed by atoms with Crippen molar-refractivity contribution in [2.24, 2.45) is 17.2 Å². The van der Waals surface area contributed by atoms with Crippen molar-refractivity contribution < 1.29 is 14.0 Å². The van der Waals surface area contributed by atoms with E-state index in [-0.39, 0.29) is 19.1 Å². The summed E-state index contributed by atoms with van der Waals surface area (Å²) in [6.45, 7) is 1.69. The predicted octanol–water partition coefficient (Wildman–Crippen LogP) is -0.669. The van der Waals surface area contributed by atoms with Gasteiger partial charge in [0.05, 0.1) is 25.4 Å². The van der Waals surface area contributed by atoms with Gasteiger partial charge in [-0.25, -0.2) is 0 Å². The number of hydrogen-bond acceptors (Lipinski definition) is 5. The number of nitrogens with two attached hydrogens (primary N) is 3. The topological polar surface area (TPSA) is 129 Å². The maximum atomic E-state index is 11.1. The van der Waals surface area contributed by atoms with Crippen molar-refractivity contribution in [2.45, 2.75) is 25.4 Å². The van der Waals surface area contributed by atoms with E-state index in [1.807, 2.05) is 6.92 Å². The average molecular weight is 268 g/mol. The van der Waals surface area contributed by atoms with E-state index in [4.69, 9.17) is 21.6 Å². The number of carbonyl (C=O) groups is 2. The summed E-state index contributed by atoms with van der Waals surface area (Å²) in [4.78, 5) is 23.8. The molecule has 106 valence electrons. The van der Waals surface area contributed by atoms with Crippen molar-refractivity contribution in [3.63, 3.8) is 0 Å². The Balaban J connectivity index is 3.02. The second-order valence-electron chi connectivity index (χ2n) is 4.37. The van der Waals surface area contributed by atoms with E-state index in [9.17, 15) is 9.59 Å². The number of hydrogen-bond donors (Lipinski definition) is 3. The van der Waals surface area contributed by atoms with Gasteiger partial charge in [0.15, 0.2) is 0 Å². The number of nitrogens with zero attached hydrogens (tertiary/aromatic N) is 1. The Morgan fingerprint density at radius 2 is 1.89 bits per heavy atom. The molecule has 1 aromatic rings. The molecule has 2 atom stereocenters. The van der Waals surface area contributed by atoms with Gasteiger partial charge in [0.1, 0.15) is 5.76 Å². The van der Waals surface area contributed by atoms with Crippen LogP contribution in [0.25, 0.3) is 0 Å². The molecule has 0 aliphatic carbocycles. The number of amides is 2. The van der Waals surface area contributed by atoms with E-state index in [1.54, 1.807) is 12.1 Å². The molecule has 0 aliphatic rings. The smallest absolute Gasteiger partial charge is 0.231 e. The summed E-state index contributed by atoms with van der Waals surface area (Å²) in [7, 11) is 0. The van der Waals surface area contributed by atoms with Gasteiger partial charge in [-0.05, 0) is 18.6 Å². The van der Waals surface area contributed by atoms with Crippen LogP contribution in [0, 0.1) is 0 Å². The Morgan fingerprint density at radius 1 is 1.32 bits per heavy atom. The van der Waals surface area contributed by atoms with Crippen LogP contribution < -0.4 is 17.2 Å². The van der Waals surface area contributed by atoms with E-state index in [2.05, 4.69) is 0 Å². The molecule has 0 aliphatic heterocycles. The first-order valence-corrected chi connectivity index (χ1v) is 6.05. The molecular weight excluding hydrogens is 248 g/mol. The zero-order chi connectivity index (χ0) is 14.4. The highest BCUT2D eigenvalue weighted by molar-refractivity contribution is 5.79. The molecule has 6 N–H and O–H groups in total. The lowest BCUT2D eigenvalue weighted by Gasteiger charge is -2.32. The van der Waals surface area contributed by atoms with Gasteiger partial charge in [-0.15, -0.1) is 0 Å². The third kappa shape index (κ3) is 4.38. The summed E-state index contributed by atoms with van der Waals surface area (Å²) in [5.74, 6) is -0.529. The fourth-order valence-electron chi connectivity index (χ4n) is 2.00. The van der Waals surface area contributed by atoms with Gasteiger partial charge in [0.25, 0.3) is 0 Å². The zero-order valence-electron chi connectivity index (χ0n) is 10.9. The lowest BCUT2D eigenvalue weighted by atomic mass is 10.0. The van der Waals surface area contributed by atoms with Crippen LogP contribution in [0.15, 0.2) is 22.8 Å². The third-order valence-corrected chi connectivity index (χ3v) is 2.82. The van der Waals surface area contributed by atoms with Crippen LogP contribution in [0.5, 0.6) is 0 Å². The largest absolute Gasteiger partial charge is 0.468 e. The molecule has 0 bridgehead atoms. The zero-order valence-corrected chi connectivity index (χ0v) is 10.9. The molecule has 2 amide bonds. The summed E-state index contributed by atoms with van der Waals surface area (Å²) in [6, 6.07) is 2.75. The first-order chi connectivity index (χ1) is 8.95. The maximum absolute atomic E-state index is 11.1. The Kier molecular flexibility index (Phi) is 5.53. The SMILES string of the molecule is CCC(N)C(c1ccco1)N(CC(N)=O)CC(N)=O. The second-order valence-corrected chi connectivity index (χ2v) is 4.37. The Morgan fingerprint density at radius 3 is 2.26 bits per heavy atom. The second kappa shape index (κ2) is 6.91. The third-order valence-electron chi connectivity index (χ3n) is 2.82. The molecule has 2 unspecified atom stereocenters. The summed E-state index contributed by atoms with van der Waals surface area (Å²) in [5, 5.41) is 0. The molecule has 0 spiro atoms. The van der Waals surface area contributed by atoms with Gasteiger partial charge in [0.2, 0.25) is 11.8 Å². The minimum Gasteiger partial charge on any atom is -0.468 e. The van der Waals surface area contributed by atoms with Crippen molar-refractivity contribution in [2.75, 3.05) is 13.1 Å². The Labute approximate surface area is 111 Å². The fourth-order valence-corrected chi connectivity index (χ4v) is 2.00. The number of furan rings is 1. The van der Waals surface area contributed by atoms with Crippen LogP contribution in [0.1, 0.15) is 25.1 Å². The van der Waals surface area contributed by atoms with E-state index < -0.39 is 17.9 Å². The molecule has 0 fully saturated rings. The molecule has 19 heavy (non-hydrogen) atoms. The van der Waals surface area contributed by atoms with Gasteiger partial charge in [-0.2, -0.15) is 0 Å². The van der Waals surface area contributed by atoms with Crippen molar-refractivity contribution in [1.82, 2.24) is 4.90 Å². The summed E-state index contributed by atoms with van der Waals surface area (Å²) >= 11 is 0. The Bertz CT molecular complexity index is 403. The van der Waals surface area contributed by atoms with Crippen LogP contribution in [0.4, 0.5) is 0 Å². The molecular formula is C12H20N4O3. The van der Waals surface area contributed by atoms with Crippen molar-refractivity contribution >= 4 is 11.8 Å². The van der Waals surface area contributed by atoms with Crippen molar-refractivity contribution in [3.05, 3.63) is 24.2 Å². The molecule has 0 radical (unpaired) electrons. The molecule has 0 aromatic carbocycles. The number of primary amides is 2. The van der Waals surface area contributed by atoms with Gasteiger partial charge in [-0.3, -0.25) is 14.5 Å². The van der Waals surface area contributed by atoms with Gasteiger partial charge < -0.3 is 21.6 Å². The highest BCUT2D eigenvalue weighted by Gasteiger charge is 2.29. The van der Waals surface area contributed by atoms with Crippen molar-refractivity contribution in [3.8, 4) is 0 Å². The van der Waals surface area contributed by atoms with Crippen LogP contribution in [0.3, 0.4) is 0 Å². The van der Waals surface area contributed by atoms with Crippen LogP contribution in [0.2, 0.25) is 0 Å². The monoisotopic (exact) mass is 268 g/mol. The average Bonchev–Trinajstić information content (AvgIpc) is 2.80. The lowest BCUT2D eigenvalue weighted by Crippen LogP contribution is -2.47. The minimum absolute atomic E-state index is 0.109. The van der Waals surface area contributed by atoms with E-state index in [1.165, 1.54) is 11.2 Å². The molecule has 1 aromatic heterocycles. The van der Waals surface area contributed by atoms with Gasteiger partial charge >= 0.3 is 0 Å². The van der Waals surface area contributed by atoms with E-state index in [0.717, 1.165) is 0 Å². The van der Waals surface area contributed by atoms with Gasteiger partial charge in [0, 0.05) is 6.04 Å². The van der Waals surface area contributed by atoms with E-state index in [0.29, 0.717) is 12.2 Å². The number of rotatable bonds is 8. The fraction of sp³-hybridized carbons (Fsp3) is 0.500. The molecule has 0 saturated heterocycles. The van der Waals surface area contributed by atoms with Gasteiger partial charge in [-0.1, -0.05) is 6.92 Å². The molecule has 7 heteroatoms. The van der Waals surface area contributed by atoms with Crippen LogP contribution in [-0.4, -0.2) is 35.8 Å². The lowest BCUT2D eigenvalue weighted by molar-refractivity contribution is -0.123. The minimum atomic E-state index is -0.555. The molecule has 1 heterocycles. The first-order valence-electron chi connectivity index (χ1n) is 6.05. The summed E-state index contributed by atoms with van der Waals surface area (Å²) < 4.78 is 5.34. The summed E-state index contributed by atoms with van der Waals surface area (Å²) in [6.07, 6.45) is 2.16.